The third-order valence-corrected chi connectivity index (χ3v) is 4.57. The number of anilines is 2. The summed E-state index contributed by atoms with van der Waals surface area (Å²) in [6.07, 6.45) is 0. The van der Waals surface area contributed by atoms with E-state index in [1.54, 1.807) is 31.2 Å². The predicted molar refractivity (Wildman–Crippen MR) is 89.6 cm³/mol. The van der Waals surface area contributed by atoms with Crippen molar-refractivity contribution in [2.45, 2.75) is 13.8 Å². The highest BCUT2D eigenvalue weighted by Gasteiger charge is 2.20. The second kappa shape index (κ2) is 5.85. The summed E-state index contributed by atoms with van der Waals surface area (Å²) in [5.41, 5.74) is 1.57. The van der Waals surface area contributed by atoms with Gasteiger partial charge in [-0.25, -0.2) is 14.8 Å². The second-order valence-corrected chi connectivity index (χ2v) is 6.02. The average Bonchev–Trinajstić information content (AvgIpc) is 2.85. The normalized spacial score (nSPS) is 10.7. The molecule has 0 radical (unpaired) electrons. The number of aryl methyl sites for hydroxylation is 2. The van der Waals surface area contributed by atoms with E-state index in [0.29, 0.717) is 16.5 Å². The lowest BCUT2D eigenvalue weighted by atomic mass is 10.2. The van der Waals surface area contributed by atoms with Crippen LogP contribution in [0.4, 0.5) is 11.5 Å². The van der Waals surface area contributed by atoms with Gasteiger partial charge >= 0.3 is 5.97 Å². The molecule has 0 unspecified atom stereocenters. The number of methoxy groups -OCH3 is 1. The van der Waals surface area contributed by atoms with Crippen LogP contribution in [0.15, 0.2) is 24.3 Å². The number of nitrogens with zero attached hydrogens (tertiary/aromatic N) is 2. The van der Waals surface area contributed by atoms with Crippen LogP contribution >= 0.6 is 11.3 Å². The van der Waals surface area contributed by atoms with Crippen molar-refractivity contribution < 1.29 is 14.6 Å². The van der Waals surface area contributed by atoms with E-state index in [1.165, 1.54) is 18.4 Å². The molecule has 6 nitrogen and oxygen atoms in total. The standard InChI is InChI=1S/C16H15N3O3S/c1-8-12-14(19-10-4-6-11(20)7-5-10)17-9(2)18-15(12)23-13(8)16(21)22-3/h4-7,20H,1-3H3,(H,17,18,19). The molecule has 2 heterocycles. The van der Waals surface area contributed by atoms with Gasteiger partial charge in [0.05, 0.1) is 12.5 Å². The van der Waals surface area contributed by atoms with Gasteiger partial charge in [0, 0.05) is 5.69 Å². The molecule has 0 saturated heterocycles. The fraction of sp³-hybridized carbons (Fsp3) is 0.188. The minimum absolute atomic E-state index is 0.194. The summed E-state index contributed by atoms with van der Waals surface area (Å²) < 4.78 is 4.82. The fourth-order valence-electron chi connectivity index (χ4n) is 2.30. The number of hydrogen-bond donors (Lipinski definition) is 2. The molecule has 0 aliphatic heterocycles. The third kappa shape index (κ3) is 2.83. The van der Waals surface area contributed by atoms with E-state index in [1.807, 2.05) is 6.92 Å². The van der Waals surface area contributed by atoms with Crippen LogP contribution in [-0.2, 0) is 4.74 Å². The van der Waals surface area contributed by atoms with E-state index in [2.05, 4.69) is 15.3 Å². The maximum atomic E-state index is 11.9. The molecule has 0 saturated carbocycles. The van der Waals surface area contributed by atoms with Crippen molar-refractivity contribution in [2.75, 3.05) is 12.4 Å². The van der Waals surface area contributed by atoms with E-state index in [9.17, 15) is 9.90 Å². The molecule has 2 aromatic heterocycles. The van der Waals surface area contributed by atoms with Gasteiger partial charge in [0.1, 0.15) is 27.1 Å². The van der Waals surface area contributed by atoms with Gasteiger partial charge in [0.15, 0.2) is 0 Å². The van der Waals surface area contributed by atoms with Crippen LogP contribution < -0.4 is 5.32 Å². The molecule has 1 aromatic carbocycles. The van der Waals surface area contributed by atoms with E-state index in [0.717, 1.165) is 21.5 Å². The van der Waals surface area contributed by atoms with E-state index in [-0.39, 0.29) is 11.7 Å². The lowest BCUT2D eigenvalue weighted by molar-refractivity contribution is 0.0605. The molecule has 3 rings (SSSR count). The summed E-state index contributed by atoms with van der Waals surface area (Å²) in [5.74, 6) is 1.05. The zero-order valence-corrected chi connectivity index (χ0v) is 13.7. The number of benzene rings is 1. The van der Waals surface area contributed by atoms with Gasteiger partial charge in [-0.3, -0.25) is 0 Å². The molecule has 118 valence electrons. The first-order valence-electron chi connectivity index (χ1n) is 6.91. The summed E-state index contributed by atoms with van der Waals surface area (Å²) in [4.78, 5) is 22.0. The lowest BCUT2D eigenvalue weighted by Gasteiger charge is -2.08. The van der Waals surface area contributed by atoms with Crippen molar-refractivity contribution in [2.24, 2.45) is 0 Å². The van der Waals surface area contributed by atoms with Crippen LogP contribution in [0.5, 0.6) is 5.75 Å². The van der Waals surface area contributed by atoms with Crippen LogP contribution in [0.1, 0.15) is 21.1 Å². The smallest absolute Gasteiger partial charge is 0.348 e. The van der Waals surface area contributed by atoms with Gasteiger partial charge in [-0.05, 0) is 43.7 Å². The Kier molecular flexibility index (Phi) is 3.87. The minimum Gasteiger partial charge on any atom is -0.508 e. The molecule has 7 heteroatoms. The summed E-state index contributed by atoms with van der Waals surface area (Å²) in [7, 11) is 1.36. The molecular weight excluding hydrogens is 314 g/mol. The highest BCUT2D eigenvalue weighted by Crippen LogP contribution is 2.35. The molecule has 0 aliphatic rings. The molecule has 0 fully saturated rings. The first kappa shape index (κ1) is 15.2. The molecule has 2 N–H and O–H groups in total. The number of carbonyl (C=O) groups excluding carboxylic acids is 1. The van der Waals surface area contributed by atoms with Gasteiger partial charge in [-0.2, -0.15) is 0 Å². The van der Waals surface area contributed by atoms with Crippen LogP contribution in [0.25, 0.3) is 10.2 Å². The van der Waals surface area contributed by atoms with Gasteiger partial charge < -0.3 is 15.2 Å². The fourth-order valence-corrected chi connectivity index (χ4v) is 3.45. The molecule has 3 aromatic rings. The number of fused-ring (bicyclic) bond motifs is 1. The highest BCUT2D eigenvalue weighted by atomic mass is 32.1. The number of aromatic nitrogens is 2. The third-order valence-electron chi connectivity index (χ3n) is 3.40. The highest BCUT2D eigenvalue weighted by molar-refractivity contribution is 7.20. The van der Waals surface area contributed by atoms with Crippen molar-refractivity contribution in [3.05, 3.63) is 40.5 Å². The van der Waals surface area contributed by atoms with Crippen molar-refractivity contribution >= 4 is 39.0 Å². The monoisotopic (exact) mass is 329 g/mol. The number of nitrogens with one attached hydrogen (secondary N) is 1. The summed E-state index contributed by atoms with van der Waals surface area (Å²) in [6.45, 7) is 3.65. The molecule has 0 atom stereocenters. The van der Waals surface area contributed by atoms with Crippen molar-refractivity contribution in [3.8, 4) is 5.75 Å². The number of phenolic OH excluding ortho intramolecular Hbond substituents is 1. The van der Waals surface area contributed by atoms with Crippen molar-refractivity contribution in [1.29, 1.82) is 0 Å². The molecule has 0 amide bonds. The number of carbonyl (C=O) groups is 1. The maximum absolute atomic E-state index is 11.9. The van der Waals surface area contributed by atoms with Gasteiger partial charge in [0.25, 0.3) is 0 Å². The topological polar surface area (TPSA) is 84.3 Å². The predicted octanol–water partition coefficient (Wildman–Crippen LogP) is 3.54. The molecule has 0 aliphatic carbocycles. The number of rotatable bonds is 3. The summed E-state index contributed by atoms with van der Waals surface area (Å²) in [5, 5.41) is 13.4. The van der Waals surface area contributed by atoms with E-state index < -0.39 is 0 Å². The zero-order chi connectivity index (χ0) is 16.6. The number of phenols is 1. The van der Waals surface area contributed by atoms with Crippen LogP contribution in [0.3, 0.4) is 0 Å². The quantitative estimate of drug-likeness (QED) is 0.565. The molecular formula is C16H15N3O3S. The number of thiophene rings is 1. The van der Waals surface area contributed by atoms with Gasteiger partial charge in [-0.15, -0.1) is 11.3 Å². The van der Waals surface area contributed by atoms with Crippen LogP contribution in [0.2, 0.25) is 0 Å². The van der Waals surface area contributed by atoms with Crippen LogP contribution in [0, 0.1) is 13.8 Å². The second-order valence-electron chi connectivity index (χ2n) is 5.02. The summed E-state index contributed by atoms with van der Waals surface area (Å²) in [6, 6.07) is 6.69. The Hall–Kier alpha value is -2.67. The SMILES string of the molecule is COC(=O)c1sc2nc(C)nc(Nc3ccc(O)cc3)c2c1C. The van der Waals surface area contributed by atoms with Crippen molar-refractivity contribution in [3.63, 3.8) is 0 Å². The lowest BCUT2D eigenvalue weighted by Crippen LogP contribution is -2.01. The van der Waals surface area contributed by atoms with Gasteiger partial charge in [0.2, 0.25) is 0 Å². The Morgan fingerprint density at radius 3 is 2.57 bits per heavy atom. The molecule has 0 bridgehead atoms. The molecule has 23 heavy (non-hydrogen) atoms. The Morgan fingerprint density at radius 1 is 1.22 bits per heavy atom. The van der Waals surface area contributed by atoms with E-state index >= 15 is 0 Å². The maximum Gasteiger partial charge on any atom is 0.348 e. The first-order chi connectivity index (χ1) is 11.0. The van der Waals surface area contributed by atoms with Crippen molar-refractivity contribution in [1.82, 2.24) is 9.97 Å². The first-order valence-corrected chi connectivity index (χ1v) is 7.73. The molecule has 0 spiro atoms. The Morgan fingerprint density at radius 2 is 1.91 bits per heavy atom. The van der Waals surface area contributed by atoms with E-state index in [4.69, 9.17) is 4.74 Å². The number of ether oxygens (including phenoxy) is 1. The summed E-state index contributed by atoms with van der Waals surface area (Å²) >= 11 is 1.29. The Labute approximate surface area is 136 Å². The largest absolute Gasteiger partial charge is 0.508 e. The number of esters is 1. The average molecular weight is 329 g/mol. The number of aromatic hydroxyl groups is 1. The Bertz CT molecular complexity index is 888. The van der Waals surface area contributed by atoms with Crippen LogP contribution in [-0.4, -0.2) is 28.2 Å². The Balaban J connectivity index is 2.13. The zero-order valence-electron chi connectivity index (χ0n) is 12.9. The van der Waals surface area contributed by atoms with Gasteiger partial charge in [-0.1, -0.05) is 0 Å². The number of hydrogen-bond acceptors (Lipinski definition) is 7. The minimum atomic E-state index is -0.376.